The van der Waals surface area contributed by atoms with Gasteiger partial charge in [0.05, 0.1) is 26.1 Å². The highest BCUT2D eigenvalue weighted by atomic mass is 16.7. The molecule has 0 radical (unpaired) electrons. The summed E-state index contributed by atoms with van der Waals surface area (Å²) in [6.45, 7) is 7.16. The van der Waals surface area contributed by atoms with Crippen LogP contribution in [-0.2, 0) is 9.63 Å². The minimum atomic E-state index is -0.256. The van der Waals surface area contributed by atoms with Crippen molar-refractivity contribution in [2.45, 2.75) is 6.42 Å². The van der Waals surface area contributed by atoms with Crippen LogP contribution in [0.15, 0.2) is 67.5 Å². The maximum absolute atomic E-state index is 12.3. The minimum Gasteiger partial charge on any atom is -0.493 e. The van der Waals surface area contributed by atoms with Crippen LogP contribution in [0, 0.1) is 5.92 Å². The van der Waals surface area contributed by atoms with Gasteiger partial charge in [-0.15, -0.1) is 11.6 Å². The van der Waals surface area contributed by atoms with Gasteiger partial charge >= 0.3 is 5.97 Å². The van der Waals surface area contributed by atoms with Crippen molar-refractivity contribution in [2.75, 3.05) is 37.7 Å². The molecule has 0 amide bonds. The molecule has 0 aliphatic carbocycles. The first kappa shape index (κ1) is 18.9. The number of aromatic nitrogens is 1. The molecule has 1 aromatic carbocycles. The fourth-order valence-corrected chi connectivity index (χ4v) is 2.92. The van der Waals surface area contributed by atoms with Gasteiger partial charge in [0.25, 0.3) is 0 Å². The van der Waals surface area contributed by atoms with Gasteiger partial charge in [0.2, 0.25) is 0 Å². The Bertz CT molecular complexity index is 716. The van der Waals surface area contributed by atoms with Gasteiger partial charge in [-0.3, -0.25) is 9.78 Å². The highest BCUT2D eigenvalue weighted by Gasteiger charge is 2.22. The largest absolute Gasteiger partial charge is 0.493 e. The third kappa shape index (κ3) is 5.82. The van der Waals surface area contributed by atoms with Crippen molar-refractivity contribution >= 4 is 11.7 Å². The van der Waals surface area contributed by atoms with E-state index in [0.717, 1.165) is 24.5 Å². The van der Waals surface area contributed by atoms with Gasteiger partial charge in [-0.25, -0.2) is 0 Å². The fourth-order valence-electron chi connectivity index (χ4n) is 2.92. The van der Waals surface area contributed by atoms with Gasteiger partial charge in [0.15, 0.2) is 0 Å². The van der Waals surface area contributed by atoms with E-state index in [0.29, 0.717) is 19.7 Å². The van der Waals surface area contributed by atoms with Crippen LogP contribution >= 0.6 is 0 Å². The van der Waals surface area contributed by atoms with E-state index in [-0.39, 0.29) is 18.3 Å². The second kappa shape index (κ2) is 9.73. The van der Waals surface area contributed by atoms with E-state index >= 15 is 0 Å². The second-order valence-electron chi connectivity index (χ2n) is 6.41. The van der Waals surface area contributed by atoms with E-state index in [1.54, 1.807) is 23.5 Å². The lowest BCUT2D eigenvalue weighted by Gasteiger charge is -2.34. The zero-order valence-corrected chi connectivity index (χ0v) is 15.4. The predicted octanol–water partition coefficient (Wildman–Crippen LogP) is 2.93. The number of hydroxylamine groups is 2. The van der Waals surface area contributed by atoms with Crippen molar-refractivity contribution in [1.29, 1.82) is 0 Å². The Balaban J connectivity index is 1.40. The maximum atomic E-state index is 12.3. The number of rotatable bonds is 8. The smallest absolute Gasteiger partial charge is 0.325 e. The zero-order valence-electron chi connectivity index (χ0n) is 15.4. The number of carbonyl (C=O) groups is 1. The fraction of sp³-hybridized carbons (Fsp3) is 0.333. The number of carbonyl (C=O) groups excluding carboxylic acids is 1. The number of pyridine rings is 1. The summed E-state index contributed by atoms with van der Waals surface area (Å²) in [5.41, 5.74) is 1.14. The number of anilines is 1. The minimum absolute atomic E-state index is 0.0872. The standard InChI is InChI=1S/C21H25N3O3/c1-2-18(17-26-20-6-4-3-5-7-20)16-21(25)27-24-14-12-23(13-15-24)19-8-10-22-11-9-19/h2-11,18H,1,12-17H2. The van der Waals surface area contributed by atoms with Crippen LogP contribution in [-0.4, -0.2) is 48.8 Å². The third-order valence-corrected chi connectivity index (χ3v) is 4.47. The van der Waals surface area contributed by atoms with Crippen LogP contribution in [0.2, 0.25) is 0 Å². The van der Waals surface area contributed by atoms with Crippen LogP contribution in [0.5, 0.6) is 5.75 Å². The molecule has 3 rings (SSSR count). The summed E-state index contributed by atoms with van der Waals surface area (Å²) in [4.78, 5) is 24.1. The molecule has 1 aromatic heterocycles. The first-order valence-electron chi connectivity index (χ1n) is 9.15. The Labute approximate surface area is 160 Å². The van der Waals surface area contributed by atoms with Crippen LogP contribution in [0.4, 0.5) is 5.69 Å². The number of hydrogen-bond acceptors (Lipinski definition) is 6. The number of piperazine rings is 1. The van der Waals surface area contributed by atoms with E-state index in [4.69, 9.17) is 9.57 Å². The Morgan fingerprint density at radius 3 is 2.48 bits per heavy atom. The molecule has 1 atom stereocenters. The van der Waals surface area contributed by atoms with Gasteiger partial charge in [-0.05, 0) is 24.3 Å². The molecule has 1 saturated heterocycles. The molecule has 1 aliphatic rings. The average molecular weight is 367 g/mol. The topological polar surface area (TPSA) is 54.9 Å². The van der Waals surface area contributed by atoms with E-state index in [1.165, 1.54) is 0 Å². The van der Waals surface area contributed by atoms with Crippen molar-refractivity contribution in [3.8, 4) is 5.75 Å². The summed E-state index contributed by atoms with van der Waals surface area (Å²) in [6, 6.07) is 13.5. The van der Waals surface area contributed by atoms with Crippen molar-refractivity contribution < 1.29 is 14.4 Å². The molecule has 1 unspecified atom stereocenters. The van der Waals surface area contributed by atoms with Gasteiger partial charge < -0.3 is 14.5 Å². The van der Waals surface area contributed by atoms with E-state index in [9.17, 15) is 4.79 Å². The van der Waals surface area contributed by atoms with E-state index in [1.807, 2.05) is 42.5 Å². The van der Waals surface area contributed by atoms with Gasteiger partial charge in [-0.2, -0.15) is 0 Å². The van der Waals surface area contributed by atoms with Crippen LogP contribution in [0.25, 0.3) is 0 Å². The lowest BCUT2D eigenvalue weighted by atomic mass is 10.1. The summed E-state index contributed by atoms with van der Waals surface area (Å²) in [5, 5.41) is 1.73. The monoisotopic (exact) mass is 367 g/mol. The number of para-hydroxylation sites is 1. The maximum Gasteiger partial charge on any atom is 0.325 e. The van der Waals surface area contributed by atoms with Crippen LogP contribution in [0.1, 0.15) is 6.42 Å². The Hall–Kier alpha value is -2.86. The highest BCUT2D eigenvalue weighted by Crippen LogP contribution is 2.16. The molecule has 0 spiro atoms. The van der Waals surface area contributed by atoms with Crippen LogP contribution in [0.3, 0.4) is 0 Å². The lowest BCUT2D eigenvalue weighted by molar-refractivity contribution is -0.192. The summed E-state index contributed by atoms with van der Waals surface area (Å²) >= 11 is 0. The first-order valence-corrected chi connectivity index (χ1v) is 9.15. The Morgan fingerprint density at radius 2 is 1.81 bits per heavy atom. The van der Waals surface area contributed by atoms with Crippen molar-refractivity contribution in [3.05, 3.63) is 67.5 Å². The molecule has 27 heavy (non-hydrogen) atoms. The summed E-state index contributed by atoms with van der Waals surface area (Å²) < 4.78 is 5.71. The molecule has 6 nitrogen and oxygen atoms in total. The van der Waals surface area contributed by atoms with Crippen molar-refractivity contribution in [2.24, 2.45) is 5.92 Å². The molecule has 0 saturated carbocycles. The van der Waals surface area contributed by atoms with E-state index < -0.39 is 0 Å². The molecule has 2 heterocycles. The number of nitrogens with zero attached hydrogens (tertiary/aromatic N) is 3. The number of ether oxygens (including phenoxy) is 1. The summed E-state index contributed by atoms with van der Waals surface area (Å²) in [7, 11) is 0. The molecular formula is C21H25N3O3. The number of benzene rings is 1. The van der Waals surface area contributed by atoms with Crippen molar-refractivity contribution in [3.63, 3.8) is 0 Å². The summed E-state index contributed by atoms with van der Waals surface area (Å²) in [5.74, 6) is 0.440. The molecule has 1 aliphatic heterocycles. The quantitative estimate of drug-likeness (QED) is 0.669. The van der Waals surface area contributed by atoms with Gasteiger partial charge in [-0.1, -0.05) is 24.3 Å². The zero-order chi connectivity index (χ0) is 18.9. The molecule has 2 aromatic rings. The first-order chi connectivity index (χ1) is 13.2. The molecule has 142 valence electrons. The SMILES string of the molecule is C=CC(COc1ccccc1)CC(=O)ON1CCN(c2ccncc2)CC1. The average Bonchev–Trinajstić information content (AvgIpc) is 2.73. The van der Waals surface area contributed by atoms with Gasteiger partial charge in [0.1, 0.15) is 5.75 Å². The lowest BCUT2D eigenvalue weighted by Crippen LogP contribution is -2.47. The Kier molecular flexibility index (Phi) is 6.82. The van der Waals surface area contributed by atoms with E-state index in [2.05, 4.69) is 16.5 Å². The van der Waals surface area contributed by atoms with Crippen LogP contribution < -0.4 is 9.64 Å². The predicted molar refractivity (Wildman–Crippen MR) is 104 cm³/mol. The molecule has 0 N–H and O–H groups in total. The van der Waals surface area contributed by atoms with Gasteiger partial charge in [0, 0.05) is 37.1 Å². The third-order valence-electron chi connectivity index (χ3n) is 4.47. The highest BCUT2D eigenvalue weighted by molar-refractivity contribution is 5.69. The molecular weight excluding hydrogens is 342 g/mol. The van der Waals surface area contributed by atoms with Crippen molar-refractivity contribution in [1.82, 2.24) is 10.0 Å². The molecule has 1 fully saturated rings. The summed E-state index contributed by atoms with van der Waals surface area (Å²) in [6.07, 6.45) is 5.57. The Morgan fingerprint density at radius 1 is 1.11 bits per heavy atom. The molecule has 0 bridgehead atoms. The normalized spacial score (nSPS) is 15.8. The molecule has 6 heteroatoms. The second-order valence-corrected chi connectivity index (χ2v) is 6.41. The number of hydrogen-bond donors (Lipinski definition) is 0.